The van der Waals surface area contributed by atoms with Gasteiger partial charge in [-0.25, -0.2) is 15.0 Å². The van der Waals surface area contributed by atoms with Crippen molar-refractivity contribution in [1.82, 2.24) is 24.1 Å². The van der Waals surface area contributed by atoms with Crippen molar-refractivity contribution in [1.29, 1.82) is 10.5 Å². The van der Waals surface area contributed by atoms with E-state index in [1.54, 1.807) is 0 Å². The molecule has 73 heavy (non-hydrogen) atoms. The van der Waals surface area contributed by atoms with Crippen molar-refractivity contribution in [3.8, 4) is 79.9 Å². The number of para-hydroxylation sites is 2. The molecule has 14 rings (SSSR count). The molecule has 0 aliphatic rings. The maximum Gasteiger partial charge on any atom is 0.164 e. The third-order valence-electron chi connectivity index (χ3n) is 14.0. The van der Waals surface area contributed by atoms with Gasteiger partial charge < -0.3 is 13.6 Å². The molecule has 14 aromatic rings. The first-order valence-electron chi connectivity index (χ1n) is 24.0. The Morgan fingerprint density at radius 1 is 0.315 bits per heavy atom. The van der Waals surface area contributed by atoms with Gasteiger partial charge in [0.2, 0.25) is 0 Å². The fourth-order valence-corrected chi connectivity index (χ4v) is 10.6. The fourth-order valence-electron chi connectivity index (χ4n) is 10.6. The number of fused-ring (bicyclic) bond motifs is 11. The second-order valence-corrected chi connectivity index (χ2v) is 18.2. The lowest BCUT2D eigenvalue weighted by atomic mass is 9.97. The number of rotatable bonds is 7. The summed E-state index contributed by atoms with van der Waals surface area (Å²) in [5.74, 6) is 1.84. The Balaban J connectivity index is 0.934. The van der Waals surface area contributed by atoms with Crippen molar-refractivity contribution in [2.24, 2.45) is 0 Å². The van der Waals surface area contributed by atoms with Gasteiger partial charge in [-0.05, 0) is 125 Å². The number of nitriles is 2. The Kier molecular flexibility index (Phi) is 9.47. The van der Waals surface area contributed by atoms with Crippen molar-refractivity contribution >= 4 is 65.6 Å². The van der Waals surface area contributed by atoms with Crippen LogP contribution in [0, 0.1) is 22.7 Å². The van der Waals surface area contributed by atoms with Crippen LogP contribution in [0.2, 0.25) is 0 Å². The number of benzene rings is 10. The van der Waals surface area contributed by atoms with Crippen LogP contribution < -0.4 is 0 Å². The quantitative estimate of drug-likeness (QED) is 0.157. The third-order valence-corrected chi connectivity index (χ3v) is 14.0. The highest BCUT2D eigenvalue weighted by molar-refractivity contribution is 6.29. The van der Waals surface area contributed by atoms with Gasteiger partial charge in [-0.2, -0.15) is 10.5 Å². The first kappa shape index (κ1) is 41.6. The number of aromatic nitrogens is 5. The first-order valence-corrected chi connectivity index (χ1v) is 24.0. The molecule has 0 fully saturated rings. The molecule has 10 aromatic carbocycles. The summed E-state index contributed by atoms with van der Waals surface area (Å²) >= 11 is 0. The Bertz CT molecular complexity index is 4460. The summed E-state index contributed by atoms with van der Waals surface area (Å²) in [6.45, 7) is 0. The molecule has 0 amide bonds. The van der Waals surface area contributed by atoms with Gasteiger partial charge in [-0.3, -0.25) is 0 Å². The Morgan fingerprint density at radius 3 is 1.16 bits per heavy atom. The van der Waals surface area contributed by atoms with Crippen LogP contribution in [0.3, 0.4) is 0 Å². The van der Waals surface area contributed by atoms with Crippen LogP contribution >= 0.6 is 0 Å². The molecule has 4 heterocycles. The molecule has 0 N–H and O–H groups in total. The molecule has 338 valence electrons. The van der Waals surface area contributed by atoms with Crippen LogP contribution in [0.5, 0.6) is 0 Å². The van der Waals surface area contributed by atoms with E-state index in [1.807, 2.05) is 109 Å². The summed E-state index contributed by atoms with van der Waals surface area (Å²) in [7, 11) is 0. The van der Waals surface area contributed by atoms with Crippen LogP contribution in [0.4, 0.5) is 0 Å². The summed E-state index contributed by atoms with van der Waals surface area (Å²) in [5.41, 5.74) is 15.7. The molecule has 0 spiro atoms. The van der Waals surface area contributed by atoms with E-state index in [1.165, 1.54) is 0 Å². The second kappa shape index (κ2) is 16.6. The van der Waals surface area contributed by atoms with E-state index in [9.17, 15) is 10.5 Å². The van der Waals surface area contributed by atoms with Crippen molar-refractivity contribution in [2.75, 3.05) is 0 Å². The van der Waals surface area contributed by atoms with Gasteiger partial charge in [0.25, 0.3) is 0 Å². The zero-order valence-corrected chi connectivity index (χ0v) is 38.9. The summed E-state index contributed by atoms with van der Waals surface area (Å²) in [4.78, 5) is 14.9. The Hall–Kier alpha value is -10.4. The molecule has 4 aromatic heterocycles. The van der Waals surface area contributed by atoms with Crippen LogP contribution in [-0.2, 0) is 0 Å². The van der Waals surface area contributed by atoms with Gasteiger partial charge in [0.15, 0.2) is 17.5 Å². The lowest BCUT2D eigenvalue weighted by Crippen LogP contribution is -2.00. The fraction of sp³-hybridized carbons (Fsp3) is 0. The van der Waals surface area contributed by atoms with E-state index in [4.69, 9.17) is 19.4 Å². The zero-order valence-electron chi connectivity index (χ0n) is 38.9. The average molecular weight is 932 g/mol. The Labute approximate surface area is 418 Å². The van der Waals surface area contributed by atoms with E-state index in [2.05, 4.69) is 137 Å². The van der Waals surface area contributed by atoms with Crippen molar-refractivity contribution < 1.29 is 4.42 Å². The van der Waals surface area contributed by atoms with Gasteiger partial charge in [-0.15, -0.1) is 0 Å². The van der Waals surface area contributed by atoms with Gasteiger partial charge in [0.1, 0.15) is 11.2 Å². The maximum atomic E-state index is 9.59. The van der Waals surface area contributed by atoms with E-state index in [0.29, 0.717) is 28.6 Å². The van der Waals surface area contributed by atoms with Gasteiger partial charge in [0.05, 0.1) is 56.1 Å². The predicted molar refractivity (Wildman–Crippen MR) is 292 cm³/mol. The highest BCUT2D eigenvalue weighted by Gasteiger charge is 2.23. The van der Waals surface area contributed by atoms with Gasteiger partial charge in [-0.1, -0.05) is 121 Å². The average Bonchev–Trinajstić information content (AvgIpc) is 4.13. The highest BCUT2D eigenvalue weighted by Crippen LogP contribution is 2.45. The SMILES string of the molecule is N#Cc1ccc(-c2cc(-c3ccc(C#N)cc3)cc(-n3c4ccccc4c4c5oc6c(ccc7c6c6ccccc6n7-c6ccc(-c7nc(-c8ccccc8)nc(-c8ccccc8)n7)cc6)c5ccc43)c2)cc1. The minimum Gasteiger partial charge on any atom is -0.455 e. The largest absolute Gasteiger partial charge is 0.455 e. The molecule has 0 saturated heterocycles. The van der Waals surface area contributed by atoms with E-state index < -0.39 is 0 Å². The van der Waals surface area contributed by atoms with Crippen molar-refractivity contribution in [2.45, 2.75) is 0 Å². The maximum absolute atomic E-state index is 9.59. The molecule has 0 saturated carbocycles. The molecular formula is C65H37N7O. The smallest absolute Gasteiger partial charge is 0.164 e. The number of hydrogen-bond donors (Lipinski definition) is 0. The van der Waals surface area contributed by atoms with Crippen molar-refractivity contribution in [3.63, 3.8) is 0 Å². The highest BCUT2D eigenvalue weighted by atomic mass is 16.3. The predicted octanol–water partition coefficient (Wildman–Crippen LogP) is 16.0. The summed E-state index contributed by atoms with van der Waals surface area (Å²) in [6.07, 6.45) is 0. The Morgan fingerprint density at radius 2 is 0.712 bits per heavy atom. The number of hydrogen-bond acceptors (Lipinski definition) is 6. The molecular weight excluding hydrogens is 895 g/mol. The summed E-state index contributed by atoms with van der Waals surface area (Å²) < 4.78 is 11.9. The topological polar surface area (TPSA) is 109 Å². The summed E-state index contributed by atoms with van der Waals surface area (Å²) in [5, 5.41) is 25.5. The number of furan rings is 1. The van der Waals surface area contributed by atoms with E-state index in [0.717, 1.165) is 116 Å². The molecule has 0 aliphatic heterocycles. The first-order chi connectivity index (χ1) is 36.1. The van der Waals surface area contributed by atoms with Crippen LogP contribution in [0.1, 0.15) is 11.1 Å². The lowest BCUT2D eigenvalue weighted by Gasteiger charge is -2.14. The van der Waals surface area contributed by atoms with Crippen LogP contribution in [0.25, 0.3) is 133 Å². The normalized spacial score (nSPS) is 11.5. The molecule has 8 heteroatoms. The van der Waals surface area contributed by atoms with E-state index in [-0.39, 0.29) is 0 Å². The van der Waals surface area contributed by atoms with Crippen LogP contribution in [-0.4, -0.2) is 24.1 Å². The monoisotopic (exact) mass is 931 g/mol. The standard InChI is InChI=1S/C65H37N7O/c66-38-40-19-23-42(24-20-40)47-35-48(43-25-21-41(39-67)22-26-43)37-50(36-47)72-56-18-10-8-16-54(56)60-58(72)34-32-52-51-31-33-57-59(61(51)73-62(52)60)53-15-7-9-17-55(53)71(57)49-29-27-46(28-30-49)65-69-63(44-11-3-1-4-12-44)68-64(70-65)45-13-5-2-6-14-45/h1-37H. The summed E-state index contributed by atoms with van der Waals surface area (Å²) in [6, 6.07) is 80.9. The minimum absolute atomic E-state index is 0.601. The van der Waals surface area contributed by atoms with Crippen LogP contribution in [0.15, 0.2) is 229 Å². The second-order valence-electron chi connectivity index (χ2n) is 18.2. The van der Waals surface area contributed by atoms with Crippen molar-refractivity contribution in [3.05, 3.63) is 236 Å². The molecule has 0 aliphatic carbocycles. The zero-order chi connectivity index (χ0) is 48.6. The number of nitrogens with zero attached hydrogens (tertiary/aromatic N) is 7. The molecule has 8 nitrogen and oxygen atoms in total. The third kappa shape index (κ3) is 6.78. The minimum atomic E-state index is 0.601. The van der Waals surface area contributed by atoms with Gasteiger partial charge in [0, 0.05) is 49.6 Å². The molecule has 0 atom stereocenters. The molecule has 0 unspecified atom stereocenters. The van der Waals surface area contributed by atoms with E-state index >= 15 is 0 Å². The van der Waals surface area contributed by atoms with Gasteiger partial charge >= 0.3 is 0 Å². The molecule has 0 radical (unpaired) electrons. The molecule has 0 bridgehead atoms. The lowest BCUT2D eigenvalue weighted by molar-refractivity contribution is 0.677.